The molecule has 1 saturated heterocycles. The number of carboxylic acids is 1. The van der Waals surface area contributed by atoms with E-state index in [1.54, 1.807) is 0 Å². The number of aromatic nitrogens is 3. The van der Waals surface area contributed by atoms with Crippen LogP contribution in [-0.2, 0) is 17.9 Å². The molecular formula is C27H33N5O4. The predicted octanol–water partition coefficient (Wildman–Crippen LogP) is 3.61. The molecule has 0 saturated carbocycles. The van der Waals surface area contributed by atoms with Gasteiger partial charge in [-0.2, -0.15) is 4.98 Å². The van der Waals surface area contributed by atoms with Crippen molar-refractivity contribution < 1.29 is 9.90 Å². The van der Waals surface area contributed by atoms with Gasteiger partial charge in [-0.3, -0.25) is 9.36 Å². The van der Waals surface area contributed by atoms with Gasteiger partial charge >= 0.3 is 17.3 Å². The molecule has 1 aliphatic rings. The third-order valence-corrected chi connectivity index (χ3v) is 6.58. The Labute approximate surface area is 210 Å². The number of hydrogen-bond acceptors (Lipinski definition) is 6. The lowest BCUT2D eigenvalue weighted by molar-refractivity contribution is -0.141. The van der Waals surface area contributed by atoms with Crippen molar-refractivity contribution in [2.45, 2.75) is 52.6 Å². The van der Waals surface area contributed by atoms with E-state index in [4.69, 9.17) is 0 Å². The molecule has 3 aromatic rings. The molecule has 4 rings (SSSR count). The van der Waals surface area contributed by atoms with Gasteiger partial charge in [0, 0.05) is 31.0 Å². The van der Waals surface area contributed by atoms with E-state index in [1.165, 1.54) is 37.2 Å². The van der Waals surface area contributed by atoms with Gasteiger partial charge in [0.2, 0.25) is 5.95 Å². The highest BCUT2D eigenvalue weighted by atomic mass is 16.4. The lowest BCUT2D eigenvalue weighted by Gasteiger charge is -2.23. The van der Waals surface area contributed by atoms with Crippen LogP contribution in [0.3, 0.4) is 0 Å². The first kappa shape index (κ1) is 25.2. The molecule has 0 spiro atoms. The minimum Gasteiger partial charge on any atom is -0.481 e. The Balaban J connectivity index is 1.66. The maximum atomic E-state index is 13.4. The number of benzene rings is 2. The molecule has 0 aliphatic carbocycles. The van der Waals surface area contributed by atoms with Crippen molar-refractivity contribution in [1.82, 2.24) is 14.1 Å². The number of aryl methyl sites for hydroxylation is 1. The average Bonchev–Trinajstić information content (AvgIpc) is 3.15. The summed E-state index contributed by atoms with van der Waals surface area (Å²) in [5, 5.41) is 12.4. The van der Waals surface area contributed by atoms with Crippen molar-refractivity contribution >= 4 is 23.3 Å². The van der Waals surface area contributed by atoms with E-state index < -0.39 is 23.3 Å². The standard InChI is InChI=1S/C27H33N5O4/c1-19-7-9-21(10-8-19)18-31-25(29-26(35)32(27(31)36)17-20(2)24(33)34)28-22-11-13-23(14-12-22)30-15-5-3-4-6-16-30/h7-14,20H,3-6,15-18H2,1-2H3,(H,33,34)(H,28,29,35)/t20-/m0/s1. The second kappa shape index (κ2) is 11.2. The van der Waals surface area contributed by atoms with Crippen LogP contribution in [0.2, 0.25) is 0 Å². The summed E-state index contributed by atoms with van der Waals surface area (Å²) in [6, 6.07) is 15.6. The zero-order valence-electron chi connectivity index (χ0n) is 20.8. The smallest absolute Gasteiger partial charge is 0.354 e. The monoisotopic (exact) mass is 491 g/mol. The molecule has 2 N–H and O–H groups in total. The zero-order chi connectivity index (χ0) is 25.7. The highest BCUT2D eigenvalue weighted by Crippen LogP contribution is 2.23. The SMILES string of the molecule is Cc1ccc(Cn2c(Nc3ccc(N4CCCCCC4)cc3)nc(=O)n(C[C@H](C)C(=O)O)c2=O)cc1. The first-order valence-corrected chi connectivity index (χ1v) is 12.4. The predicted molar refractivity (Wildman–Crippen MR) is 140 cm³/mol. The van der Waals surface area contributed by atoms with Crippen molar-refractivity contribution in [3.05, 3.63) is 80.6 Å². The van der Waals surface area contributed by atoms with Gasteiger partial charge < -0.3 is 15.3 Å². The molecule has 1 aliphatic heterocycles. The van der Waals surface area contributed by atoms with Crippen molar-refractivity contribution in [3.8, 4) is 0 Å². The van der Waals surface area contributed by atoms with Gasteiger partial charge in [0.15, 0.2) is 0 Å². The van der Waals surface area contributed by atoms with Crippen LogP contribution >= 0.6 is 0 Å². The van der Waals surface area contributed by atoms with Crippen molar-refractivity contribution in [2.75, 3.05) is 23.3 Å². The molecule has 0 radical (unpaired) electrons. The number of anilines is 3. The van der Waals surface area contributed by atoms with Crippen molar-refractivity contribution in [3.63, 3.8) is 0 Å². The molecule has 1 fully saturated rings. The number of carbonyl (C=O) groups is 1. The molecule has 0 bridgehead atoms. The number of nitrogens with zero attached hydrogens (tertiary/aromatic N) is 4. The summed E-state index contributed by atoms with van der Waals surface area (Å²) in [7, 11) is 0. The molecule has 9 nitrogen and oxygen atoms in total. The van der Waals surface area contributed by atoms with E-state index >= 15 is 0 Å². The number of aliphatic carboxylic acids is 1. The van der Waals surface area contributed by atoms with Crippen LogP contribution in [0.1, 0.15) is 43.7 Å². The van der Waals surface area contributed by atoms with E-state index in [-0.39, 0.29) is 19.0 Å². The molecule has 36 heavy (non-hydrogen) atoms. The van der Waals surface area contributed by atoms with Crippen LogP contribution in [-0.4, -0.2) is 38.3 Å². The van der Waals surface area contributed by atoms with Gasteiger partial charge in [0.1, 0.15) is 0 Å². The topological polar surface area (TPSA) is 109 Å². The maximum absolute atomic E-state index is 13.4. The highest BCUT2D eigenvalue weighted by molar-refractivity contribution is 5.69. The quantitative estimate of drug-likeness (QED) is 0.495. The van der Waals surface area contributed by atoms with Crippen LogP contribution in [0.5, 0.6) is 0 Å². The molecule has 9 heteroatoms. The van der Waals surface area contributed by atoms with Gasteiger partial charge in [-0.15, -0.1) is 0 Å². The average molecular weight is 492 g/mol. The zero-order valence-corrected chi connectivity index (χ0v) is 20.8. The second-order valence-electron chi connectivity index (χ2n) is 9.50. The summed E-state index contributed by atoms with van der Waals surface area (Å²) in [5.41, 5.74) is 2.41. The fourth-order valence-corrected chi connectivity index (χ4v) is 4.37. The fraction of sp³-hybridized carbons (Fsp3) is 0.407. The molecule has 0 unspecified atom stereocenters. The van der Waals surface area contributed by atoms with E-state index in [1.807, 2.05) is 55.5 Å². The molecule has 2 aromatic carbocycles. The van der Waals surface area contributed by atoms with Crippen LogP contribution in [0.4, 0.5) is 17.3 Å². The third kappa shape index (κ3) is 6.02. The second-order valence-corrected chi connectivity index (χ2v) is 9.50. The molecule has 2 heterocycles. The van der Waals surface area contributed by atoms with Crippen LogP contribution in [0.25, 0.3) is 0 Å². The van der Waals surface area contributed by atoms with E-state index in [9.17, 15) is 19.5 Å². The normalized spacial score (nSPS) is 14.8. The van der Waals surface area contributed by atoms with Crippen molar-refractivity contribution in [1.29, 1.82) is 0 Å². The van der Waals surface area contributed by atoms with Gasteiger partial charge in [-0.05, 0) is 49.6 Å². The van der Waals surface area contributed by atoms with Gasteiger partial charge in [-0.25, -0.2) is 14.2 Å². The number of carboxylic acid groups (broad SMARTS) is 1. The summed E-state index contributed by atoms with van der Waals surface area (Å²) < 4.78 is 2.27. The first-order valence-electron chi connectivity index (χ1n) is 12.4. The Hall–Kier alpha value is -3.88. The van der Waals surface area contributed by atoms with E-state index in [0.29, 0.717) is 5.69 Å². The Morgan fingerprint density at radius 3 is 2.22 bits per heavy atom. The maximum Gasteiger partial charge on any atom is 0.354 e. The third-order valence-electron chi connectivity index (χ3n) is 6.58. The number of nitrogens with one attached hydrogen (secondary N) is 1. The lowest BCUT2D eigenvalue weighted by Crippen LogP contribution is -2.44. The summed E-state index contributed by atoms with van der Waals surface area (Å²) in [4.78, 5) is 44.0. The molecule has 0 amide bonds. The molecule has 1 aromatic heterocycles. The highest BCUT2D eigenvalue weighted by Gasteiger charge is 2.19. The van der Waals surface area contributed by atoms with E-state index in [2.05, 4.69) is 15.2 Å². The minimum absolute atomic E-state index is 0.118. The van der Waals surface area contributed by atoms with Crippen LogP contribution in [0.15, 0.2) is 58.1 Å². The fourth-order valence-electron chi connectivity index (χ4n) is 4.37. The number of hydrogen-bond donors (Lipinski definition) is 2. The van der Waals surface area contributed by atoms with Gasteiger partial charge in [0.05, 0.1) is 12.5 Å². The summed E-state index contributed by atoms with van der Waals surface area (Å²) in [5.74, 6) is -1.87. The van der Waals surface area contributed by atoms with Crippen LogP contribution < -0.4 is 21.6 Å². The van der Waals surface area contributed by atoms with Crippen LogP contribution in [0, 0.1) is 12.8 Å². The Morgan fingerprint density at radius 1 is 0.972 bits per heavy atom. The van der Waals surface area contributed by atoms with Gasteiger partial charge in [-0.1, -0.05) is 49.6 Å². The lowest BCUT2D eigenvalue weighted by atomic mass is 10.1. The molecular weight excluding hydrogens is 458 g/mol. The largest absolute Gasteiger partial charge is 0.481 e. The number of rotatable bonds is 8. The summed E-state index contributed by atoms with van der Waals surface area (Å²) >= 11 is 0. The van der Waals surface area contributed by atoms with Crippen molar-refractivity contribution in [2.24, 2.45) is 5.92 Å². The Kier molecular flexibility index (Phi) is 7.87. The molecule has 1 atom stereocenters. The Bertz CT molecular complexity index is 1300. The minimum atomic E-state index is -1.09. The summed E-state index contributed by atoms with van der Waals surface area (Å²) in [6.07, 6.45) is 4.90. The summed E-state index contributed by atoms with van der Waals surface area (Å²) in [6.45, 7) is 5.44. The first-order chi connectivity index (χ1) is 17.3. The van der Waals surface area contributed by atoms with E-state index in [0.717, 1.165) is 34.5 Å². The van der Waals surface area contributed by atoms with Gasteiger partial charge in [0.25, 0.3) is 0 Å². The Morgan fingerprint density at radius 2 is 1.61 bits per heavy atom. The molecule has 190 valence electrons.